The topological polar surface area (TPSA) is 96.5 Å². The third-order valence-corrected chi connectivity index (χ3v) is 7.41. The molecule has 3 amide bonds. The Morgan fingerprint density at radius 3 is 2.29 bits per heavy atom. The molecule has 0 radical (unpaired) electrons. The Kier molecular flexibility index (Phi) is 10.6. The van der Waals surface area contributed by atoms with Crippen LogP contribution in [0.1, 0.15) is 15.9 Å². The van der Waals surface area contributed by atoms with Gasteiger partial charge < -0.3 is 20.7 Å². The maximum atomic E-state index is 13.2. The van der Waals surface area contributed by atoms with Gasteiger partial charge in [-0.2, -0.15) is 0 Å². The molecule has 0 aliphatic carbocycles. The van der Waals surface area contributed by atoms with Gasteiger partial charge in [-0.15, -0.1) is 11.8 Å². The molecule has 0 aromatic heterocycles. The molecule has 0 unspecified atom stereocenters. The summed E-state index contributed by atoms with van der Waals surface area (Å²) in [6.45, 7) is 0. The summed E-state index contributed by atoms with van der Waals surface area (Å²) in [6.07, 6.45) is 1.61. The zero-order chi connectivity index (χ0) is 29.2. The summed E-state index contributed by atoms with van der Waals surface area (Å²) >= 11 is 10.9. The highest BCUT2D eigenvalue weighted by Crippen LogP contribution is 2.28. The van der Waals surface area contributed by atoms with Crippen molar-refractivity contribution < 1.29 is 19.1 Å². The molecule has 0 saturated carbocycles. The van der Waals surface area contributed by atoms with Gasteiger partial charge in [-0.25, -0.2) is 0 Å². The molecule has 0 aliphatic heterocycles. The number of rotatable bonds is 10. The van der Waals surface area contributed by atoms with Crippen LogP contribution in [-0.2, 0) is 9.59 Å². The van der Waals surface area contributed by atoms with Gasteiger partial charge in [0.25, 0.3) is 11.8 Å². The van der Waals surface area contributed by atoms with Gasteiger partial charge in [0.1, 0.15) is 11.4 Å². The van der Waals surface area contributed by atoms with Crippen molar-refractivity contribution >= 4 is 74.5 Å². The first-order chi connectivity index (χ1) is 19.8. The van der Waals surface area contributed by atoms with E-state index in [4.69, 9.17) is 16.3 Å². The lowest BCUT2D eigenvalue weighted by Crippen LogP contribution is -2.30. The molecule has 4 aromatic rings. The van der Waals surface area contributed by atoms with Gasteiger partial charge in [0.2, 0.25) is 5.91 Å². The molecular formula is C31H25BrClN3O4S. The summed E-state index contributed by atoms with van der Waals surface area (Å²) in [5.74, 6) is -0.359. The first-order valence-corrected chi connectivity index (χ1v) is 14.5. The second-order valence-corrected chi connectivity index (χ2v) is 11.0. The van der Waals surface area contributed by atoms with Crippen LogP contribution in [0.4, 0.5) is 11.4 Å². The number of carbonyl (C=O) groups excluding carboxylic acids is 3. The Bertz CT molecular complexity index is 1580. The Morgan fingerprint density at radius 2 is 1.61 bits per heavy atom. The second-order valence-electron chi connectivity index (χ2n) is 8.60. The Hall–Kier alpha value is -4.05. The van der Waals surface area contributed by atoms with Crippen molar-refractivity contribution in [2.75, 3.05) is 23.5 Å². The largest absolute Gasteiger partial charge is 0.495 e. The summed E-state index contributed by atoms with van der Waals surface area (Å²) in [4.78, 5) is 39.3. The summed E-state index contributed by atoms with van der Waals surface area (Å²) < 4.78 is 5.97. The standard InChI is InChI=1S/C31H25BrClN3O4S/c1-40-28-15-12-24(18-26(28)33)34-29(37)19-41-25-13-10-23(11-14-25)35-31(39)27(17-20-6-5-9-22(32)16-20)36-30(38)21-7-3-2-4-8-21/h2-18H,19H2,1H3,(H,34,37)(H,35,39)(H,36,38)/b27-17-. The predicted molar refractivity (Wildman–Crippen MR) is 168 cm³/mol. The lowest BCUT2D eigenvalue weighted by molar-refractivity contribution is -0.114. The van der Waals surface area contributed by atoms with Crippen molar-refractivity contribution in [2.24, 2.45) is 0 Å². The predicted octanol–water partition coefficient (Wildman–Crippen LogP) is 7.25. The van der Waals surface area contributed by atoms with Gasteiger partial charge >= 0.3 is 0 Å². The maximum Gasteiger partial charge on any atom is 0.272 e. The van der Waals surface area contributed by atoms with Gasteiger partial charge in [-0.1, -0.05) is 57.9 Å². The van der Waals surface area contributed by atoms with Crippen molar-refractivity contribution in [3.05, 3.63) is 123 Å². The number of hydrogen-bond acceptors (Lipinski definition) is 5. The molecule has 41 heavy (non-hydrogen) atoms. The summed E-state index contributed by atoms with van der Waals surface area (Å²) in [7, 11) is 1.52. The van der Waals surface area contributed by atoms with Gasteiger partial charge in [-0.3, -0.25) is 14.4 Å². The average molecular weight is 651 g/mol. The van der Waals surface area contributed by atoms with Crippen molar-refractivity contribution in [3.63, 3.8) is 0 Å². The third kappa shape index (κ3) is 8.97. The molecule has 7 nitrogen and oxygen atoms in total. The fraction of sp³-hybridized carbons (Fsp3) is 0.0645. The minimum absolute atomic E-state index is 0.0886. The number of thioether (sulfide) groups is 1. The van der Waals surface area contributed by atoms with E-state index < -0.39 is 11.8 Å². The number of methoxy groups -OCH3 is 1. The molecule has 0 atom stereocenters. The van der Waals surface area contributed by atoms with Crippen LogP contribution in [0.25, 0.3) is 6.08 Å². The van der Waals surface area contributed by atoms with Crippen LogP contribution in [0.5, 0.6) is 5.75 Å². The van der Waals surface area contributed by atoms with Crippen LogP contribution in [0, 0.1) is 0 Å². The molecule has 0 fully saturated rings. The average Bonchev–Trinajstić information content (AvgIpc) is 2.97. The number of anilines is 2. The summed E-state index contributed by atoms with van der Waals surface area (Å²) in [5.41, 5.74) is 2.36. The summed E-state index contributed by atoms with van der Waals surface area (Å²) in [5, 5.41) is 8.77. The quantitative estimate of drug-likeness (QED) is 0.124. The number of benzene rings is 4. The van der Waals surface area contributed by atoms with Crippen molar-refractivity contribution in [1.82, 2.24) is 5.32 Å². The van der Waals surface area contributed by atoms with E-state index in [2.05, 4.69) is 31.9 Å². The molecular weight excluding hydrogens is 626 g/mol. The molecule has 3 N–H and O–H groups in total. The minimum atomic E-state index is -0.479. The normalized spacial score (nSPS) is 11.0. The number of amides is 3. The lowest BCUT2D eigenvalue weighted by Gasteiger charge is -2.12. The van der Waals surface area contributed by atoms with Gasteiger partial charge in [0, 0.05) is 26.3 Å². The van der Waals surface area contributed by atoms with Crippen LogP contribution in [0.2, 0.25) is 5.02 Å². The Labute approximate surface area is 255 Å². The molecule has 0 bridgehead atoms. The number of hydrogen-bond donors (Lipinski definition) is 3. The SMILES string of the molecule is COc1ccc(NC(=O)CSc2ccc(NC(=O)/C(=C/c3cccc(Br)c3)NC(=O)c3ccccc3)cc2)cc1Cl. The molecule has 0 saturated heterocycles. The van der Waals surface area contributed by atoms with Gasteiger partial charge in [0.05, 0.1) is 17.9 Å². The number of halogens is 2. The van der Waals surface area contributed by atoms with Crippen LogP contribution in [0.15, 0.2) is 112 Å². The van der Waals surface area contributed by atoms with E-state index in [1.165, 1.54) is 18.9 Å². The van der Waals surface area contributed by atoms with E-state index in [0.717, 1.165) is 14.9 Å². The Morgan fingerprint density at radius 1 is 0.878 bits per heavy atom. The first-order valence-electron chi connectivity index (χ1n) is 12.3. The van der Waals surface area contributed by atoms with Crippen LogP contribution in [-0.4, -0.2) is 30.6 Å². The minimum Gasteiger partial charge on any atom is -0.495 e. The number of nitrogens with one attached hydrogen (secondary N) is 3. The highest BCUT2D eigenvalue weighted by Gasteiger charge is 2.15. The third-order valence-electron chi connectivity index (χ3n) is 5.61. The van der Waals surface area contributed by atoms with Crippen LogP contribution < -0.4 is 20.7 Å². The fourth-order valence-corrected chi connectivity index (χ4v) is 5.00. The molecule has 4 aromatic carbocycles. The van der Waals surface area contributed by atoms with Crippen molar-refractivity contribution in [2.45, 2.75) is 4.90 Å². The van der Waals surface area contributed by atoms with E-state index in [1.54, 1.807) is 72.8 Å². The zero-order valence-electron chi connectivity index (χ0n) is 21.8. The fourth-order valence-electron chi connectivity index (χ4n) is 3.63. The highest BCUT2D eigenvalue weighted by molar-refractivity contribution is 9.10. The number of ether oxygens (including phenoxy) is 1. The van der Waals surface area contributed by atoms with Crippen LogP contribution in [0.3, 0.4) is 0 Å². The van der Waals surface area contributed by atoms with Crippen molar-refractivity contribution in [3.8, 4) is 5.75 Å². The molecule has 0 spiro atoms. The van der Waals surface area contributed by atoms with E-state index in [-0.39, 0.29) is 17.4 Å². The zero-order valence-corrected chi connectivity index (χ0v) is 25.0. The Balaban J connectivity index is 1.39. The first kappa shape index (κ1) is 29.9. The monoisotopic (exact) mass is 649 g/mol. The van der Waals surface area contributed by atoms with Gasteiger partial charge in [0.15, 0.2) is 0 Å². The van der Waals surface area contributed by atoms with Crippen molar-refractivity contribution in [1.29, 1.82) is 0 Å². The van der Waals surface area contributed by atoms with E-state index in [0.29, 0.717) is 27.7 Å². The van der Waals surface area contributed by atoms with Crippen LogP contribution >= 0.6 is 39.3 Å². The van der Waals surface area contributed by atoms with Gasteiger partial charge in [-0.05, 0) is 78.4 Å². The molecule has 208 valence electrons. The molecule has 0 aliphatic rings. The van der Waals surface area contributed by atoms with E-state index in [9.17, 15) is 14.4 Å². The summed E-state index contributed by atoms with van der Waals surface area (Å²) in [6, 6.07) is 28.2. The highest BCUT2D eigenvalue weighted by atomic mass is 79.9. The molecule has 4 rings (SSSR count). The second kappa shape index (κ2) is 14.5. The maximum absolute atomic E-state index is 13.2. The van der Waals surface area contributed by atoms with E-state index in [1.807, 2.05) is 30.3 Å². The van der Waals surface area contributed by atoms with E-state index >= 15 is 0 Å². The smallest absolute Gasteiger partial charge is 0.272 e. The molecule has 0 heterocycles. The molecule has 10 heteroatoms. The number of carbonyl (C=O) groups is 3. The lowest BCUT2D eigenvalue weighted by atomic mass is 10.1.